The number of carbonyl (C=O) groups is 1. The predicted octanol–water partition coefficient (Wildman–Crippen LogP) is 1.14. The SMILES string of the molecule is CN=CC(=CN)NC(=O)c1csc(-c2cnc(C)cn2)n1. The van der Waals surface area contributed by atoms with Crippen molar-refractivity contribution in [2.75, 3.05) is 7.05 Å². The van der Waals surface area contributed by atoms with Crippen LogP contribution in [0.25, 0.3) is 10.7 Å². The van der Waals surface area contributed by atoms with Gasteiger partial charge in [0.1, 0.15) is 16.4 Å². The largest absolute Gasteiger partial charge is 0.403 e. The molecule has 0 aromatic carbocycles. The van der Waals surface area contributed by atoms with Gasteiger partial charge in [0.05, 0.1) is 17.6 Å². The maximum atomic E-state index is 12.0. The van der Waals surface area contributed by atoms with Crippen LogP contribution in [0, 0.1) is 6.92 Å². The van der Waals surface area contributed by atoms with Crippen LogP contribution in [0.5, 0.6) is 0 Å². The lowest BCUT2D eigenvalue weighted by molar-refractivity contribution is 0.0964. The van der Waals surface area contributed by atoms with Gasteiger partial charge < -0.3 is 11.1 Å². The number of allylic oxidation sites excluding steroid dienone is 1. The average Bonchev–Trinajstić information content (AvgIpc) is 2.97. The topological polar surface area (TPSA) is 106 Å². The highest BCUT2D eigenvalue weighted by molar-refractivity contribution is 7.13. The summed E-state index contributed by atoms with van der Waals surface area (Å²) in [5.74, 6) is -0.353. The minimum atomic E-state index is -0.353. The van der Waals surface area contributed by atoms with Crippen LogP contribution in [0.2, 0.25) is 0 Å². The van der Waals surface area contributed by atoms with Gasteiger partial charge >= 0.3 is 0 Å². The Hall–Kier alpha value is -2.61. The van der Waals surface area contributed by atoms with Gasteiger partial charge in [-0.05, 0) is 6.92 Å². The number of nitrogens with one attached hydrogen (secondary N) is 1. The van der Waals surface area contributed by atoms with Crippen LogP contribution < -0.4 is 11.1 Å². The zero-order valence-electron chi connectivity index (χ0n) is 11.6. The van der Waals surface area contributed by atoms with Gasteiger partial charge in [-0.3, -0.25) is 19.8 Å². The number of carbonyl (C=O) groups excluding carboxylic acids is 1. The Morgan fingerprint density at radius 3 is 2.86 bits per heavy atom. The van der Waals surface area contributed by atoms with Crippen LogP contribution in [0.3, 0.4) is 0 Å². The van der Waals surface area contributed by atoms with E-state index in [4.69, 9.17) is 5.73 Å². The molecule has 3 N–H and O–H groups in total. The fourth-order valence-electron chi connectivity index (χ4n) is 1.45. The monoisotopic (exact) mass is 302 g/mol. The maximum absolute atomic E-state index is 12.0. The van der Waals surface area contributed by atoms with E-state index in [1.165, 1.54) is 23.8 Å². The number of hydrogen-bond donors (Lipinski definition) is 2. The highest BCUT2D eigenvalue weighted by Crippen LogP contribution is 2.21. The van der Waals surface area contributed by atoms with Crippen LogP contribution >= 0.6 is 11.3 Å². The van der Waals surface area contributed by atoms with Gasteiger partial charge in [0.15, 0.2) is 0 Å². The maximum Gasteiger partial charge on any atom is 0.275 e. The molecule has 0 saturated carbocycles. The second kappa shape index (κ2) is 6.71. The van der Waals surface area contributed by atoms with Gasteiger partial charge in [-0.2, -0.15) is 0 Å². The molecule has 8 heteroatoms. The lowest BCUT2D eigenvalue weighted by Gasteiger charge is -2.01. The van der Waals surface area contributed by atoms with Crippen molar-refractivity contribution in [3.8, 4) is 10.7 Å². The third kappa shape index (κ3) is 3.69. The Morgan fingerprint density at radius 1 is 1.43 bits per heavy atom. The molecular formula is C13H14N6OS. The molecule has 21 heavy (non-hydrogen) atoms. The molecular weight excluding hydrogens is 288 g/mol. The second-order valence-electron chi connectivity index (χ2n) is 4.04. The van der Waals surface area contributed by atoms with Crippen molar-refractivity contribution in [3.63, 3.8) is 0 Å². The van der Waals surface area contributed by atoms with Crippen molar-refractivity contribution in [3.05, 3.63) is 41.1 Å². The van der Waals surface area contributed by atoms with Crippen molar-refractivity contribution in [2.24, 2.45) is 10.7 Å². The summed E-state index contributed by atoms with van der Waals surface area (Å²) in [6.07, 6.45) is 6.01. The highest BCUT2D eigenvalue weighted by Gasteiger charge is 2.13. The molecule has 0 bridgehead atoms. The van der Waals surface area contributed by atoms with Crippen molar-refractivity contribution >= 4 is 23.5 Å². The van der Waals surface area contributed by atoms with E-state index in [-0.39, 0.29) is 5.91 Å². The summed E-state index contributed by atoms with van der Waals surface area (Å²) in [5, 5.41) is 4.90. The second-order valence-corrected chi connectivity index (χ2v) is 4.90. The van der Waals surface area contributed by atoms with Crippen LogP contribution in [-0.4, -0.2) is 34.1 Å². The molecule has 2 aromatic rings. The minimum absolute atomic E-state index is 0.293. The number of amides is 1. The summed E-state index contributed by atoms with van der Waals surface area (Å²) in [5.41, 5.74) is 7.55. The number of aromatic nitrogens is 3. The number of thiazole rings is 1. The van der Waals surface area contributed by atoms with Crippen LogP contribution in [0.4, 0.5) is 0 Å². The van der Waals surface area contributed by atoms with E-state index >= 15 is 0 Å². The van der Waals surface area contributed by atoms with Crippen molar-refractivity contribution < 1.29 is 4.79 Å². The van der Waals surface area contributed by atoms with Crippen LogP contribution in [-0.2, 0) is 0 Å². The van der Waals surface area contributed by atoms with E-state index in [1.807, 2.05) is 6.92 Å². The van der Waals surface area contributed by atoms with Gasteiger partial charge in [-0.1, -0.05) is 0 Å². The first-order valence-electron chi connectivity index (χ1n) is 6.04. The number of nitrogens with two attached hydrogens (primary N) is 1. The first-order chi connectivity index (χ1) is 10.1. The van der Waals surface area contributed by atoms with E-state index < -0.39 is 0 Å². The fourth-order valence-corrected chi connectivity index (χ4v) is 2.21. The van der Waals surface area contributed by atoms with E-state index in [0.29, 0.717) is 22.1 Å². The standard InChI is InChI=1S/C13H14N6OS/c1-8-4-17-10(6-16-8)13-19-11(7-21-13)12(20)18-9(3-14)5-15-2/h3-7H,14H2,1-2H3,(H,18,20). The zero-order valence-corrected chi connectivity index (χ0v) is 12.4. The number of aliphatic imine (C=N–C) groups is 1. The summed E-state index contributed by atoms with van der Waals surface area (Å²) in [6, 6.07) is 0. The summed E-state index contributed by atoms with van der Waals surface area (Å²) in [4.78, 5) is 28.5. The van der Waals surface area contributed by atoms with E-state index in [9.17, 15) is 4.79 Å². The van der Waals surface area contributed by atoms with Crippen molar-refractivity contribution in [2.45, 2.75) is 6.92 Å². The number of hydrogen-bond acceptors (Lipinski definition) is 7. The highest BCUT2D eigenvalue weighted by atomic mass is 32.1. The molecule has 0 fully saturated rings. The van der Waals surface area contributed by atoms with Gasteiger partial charge in [0.2, 0.25) is 0 Å². The molecule has 0 aliphatic carbocycles. The molecule has 2 heterocycles. The van der Waals surface area contributed by atoms with Crippen LogP contribution in [0.15, 0.2) is 34.7 Å². The summed E-state index contributed by atoms with van der Waals surface area (Å²) in [7, 11) is 1.59. The lowest BCUT2D eigenvalue weighted by Crippen LogP contribution is -2.24. The van der Waals surface area contributed by atoms with Gasteiger partial charge in [0.25, 0.3) is 5.91 Å². The Morgan fingerprint density at radius 2 is 2.24 bits per heavy atom. The molecule has 0 aliphatic heterocycles. The van der Waals surface area contributed by atoms with Crippen molar-refractivity contribution in [1.82, 2.24) is 20.3 Å². The normalized spacial score (nSPS) is 11.8. The molecule has 0 aliphatic rings. The molecule has 108 valence electrons. The quantitative estimate of drug-likeness (QED) is 0.824. The molecule has 2 aromatic heterocycles. The minimum Gasteiger partial charge on any atom is -0.403 e. The van der Waals surface area contributed by atoms with Crippen LogP contribution in [0.1, 0.15) is 16.2 Å². The smallest absolute Gasteiger partial charge is 0.275 e. The Kier molecular flexibility index (Phi) is 4.72. The van der Waals surface area contributed by atoms with E-state index in [2.05, 4.69) is 25.3 Å². The Labute approximate surface area is 125 Å². The summed E-state index contributed by atoms with van der Waals surface area (Å²) in [6.45, 7) is 1.85. The third-order valence-electron chi connectivity index (χ3n) is 2.44. The fraction of sp³-hybridized carbons (Fsp3) is 0.154. The third-order valence-corrected chi connectivity index (χ3v) is 3.31. The zero-order chi connectivity index (χ0) is 15.2. The van der Waals surface area contributed by atoms with Gasteiger partial charge in [-0.25, -0.2) is 4.98 Å². The molecule has 0 atom stereocenters. The molecule has 0 unspecified atom stereocenters. The molecule has 0 spiro atoms. The first-order valence-corrected chi connectivity index (χ1v) is 6.92. The Balaban J connectivity index is 2.16. The van der Waals surface area contributed by atoms with E-state index in [0.717, 1.165) is 5.69 Å². The molecule has 0 saturated heterocycles. The number of rotatable bonds is 4. The number of aryl methyl sites for hydroxylation is 1. The molecule has 1 amide bonds. The first kappa shape index (κ1) is 14.8. The molecule has 0 radical (unpaired) electrons. The average molecular weight is 302 g/mol. The van der Waals surface area contributed by atoms with Gasteiger partial charge in [-0.15, -0.1) is 11.3 Å². The molecule has 2 rings (SSSR count). The summed E-state index contributed by atoms with van der Waals surface area (Å²) >= 11 is 1.33. The molecule has 7 nitrogen and oxygen atoms in total. The van der Waals surface area contributed by atoms with Crippen molar-refractivity contribution in [1.29, 1.82) is 0 Å². The summed E-state index contributed by atoms with van der Waals surface area (Å²) < 4.78 is 0. The van der Waals surface area contributed by atoms with E-state index in [1.54, 1.807) is 24.8 Å². The Bertz CT molecular complexity index is 689. The lowest BCUT2D eigenvalue weighted by atomic mass is 10.4. The number of nitrogens with zero attached hydrogens (tertiary/aromatic N) is 4. The van der Waals surface area contributed by atoms with Gasteiger partial charge in [0, 0.05) is 31.0 Å². The predicted molar refractivity (Wildman–Crippen MR) is 82.0 cm³/mol.